The first-order chi connectivity index (χ1) is 16.5. The zero-order chi connectivity index (χ0) is 24.1. The summed E-state index contributed by atoms with van der Waals surface area (Å²) in [4.78, 5) is 25.5. The number of carbonyl (C=O) groups excluding carboxylic acids is 1. The summed E-state index contributed by atoms with van der Waals surface area (Å²) >= 11 is 0. The third-order valence-corrected chi connectivity index (χ3v) is 5.44. The predicted octanol–water partition coefficient (Wildman–Crippen LogP) is 4.77. The fourth-order valence-electron chi connectivity index (χ4n) is 3.55. The molecule has 0 unspecified atom stereocenters. The summed E-state index contributed by atoms with van der Waals surface area (Å²) in [5.74, 6) is -0.475. The van der Waals surface area contributed by atoms with Gasteiger partial charge < -0.3 is 10.6 Å². The SMILES string of the molecule is Cc1c(Nc2ccc(/C=C(/C#N)C(=O)Nc3ccccc3)cc2)c(=O)n(-c2ccccc2)n1C. The molecule has 0 aliphatic heterocycles. The summed E-state index contributed by atoms with van der Waals surface area (Å²) in [5, 5.41) is 15.3. The summed E-state index contributed by atoms with van der Waals surface area (Å²) in [6.07, 6.45) is 1.53. The quantitative estimate of drug-likeness (QED) is 0.328. The predicted molar refractivity (Wildman–Crippen MR) is 134 cm³/mol. The summed E-state index contributed by atoms with van der Waals surface area (Å²) in [6.45, 7) is 1.88. The molecule has 7 heteroatoms. The molecule has 0 saturated heterocycles. The summed E-state index contributed by atoms with van der Waals surface area (Å²) in [6, 6.07) is 27.5. The van der Waals surface area contributed by atoms with Crippen LogP contribution in [0.2, 0.25) is 0 Å². The third kappa shape index (κ3) is 4.66. The number of nitrogens with zero attached hydrogens (tertiary/aromatic N) is 3. The highest BCUT2D eigenvalue weighted by atomic mass is 16.2. The van der Waals surface area contributed by atoms with E-state index in [1.807, 2.05) is 61.1 Å². The van der Waals surface area contributed by atoms with Crippen LogP contribution in [0.5, 0.6) is 0 Å². The monoisotopic (exact) mass is 449 g/mol. The number of benzene rings is 3. The molecule has 0 atom stereocenters. The first-order valence-corrected chi connectivity index (χ1v) is 10.7. The number of nitriles is 1. The van der Waals surface area contributed by atoms with Crippen LogP contribution in [-0.2, 0) is 11.8 Å². The zero-order valence-corrected chi connectivity index (χ0v) is 18.8. The standard InChI is InChI=1S/C27H23N5O2/c1-19-25(27(34)32(31(19)2)24-11-7-4-8-12-24)29-23-15-13-20(14-16-23)17-21(18-28)26(33)30-22-9-5-3-6-10-22/h3-17,29H,1-2H3,(H,30,33)/b21-17-. The average molecular weight is 450 g/mol. The summed E-state index contributed by atoms with van der Waals surface area (Å²) in [7, 11) is 1.84. The van der Waals surface area contributed by atoms with Gasteiger partial charge in [0.1, 0.15) is 17.3 Å². The first-order valence-electron chi connectivity index (χ1n) is 10.7. The van der Waals surface area contributed by atoms with Crippen molar-refractivity contribution in [3.8, 4) is 11.8 Å². The zero-order valence-electron chi connectivity index (χ0n) is 18.8. The van der Waals surface area contributed by atoms with Crippen molar-refractivity contribution in [2.45, 2.75) is 6.92 Å². The maximum atomic E-state index is 13.1. The Balaban J connectivity index is 1.54. The maximum absolute atomic E-state index is 13.1. The number of aromatic nitrogens is 2. The highest BCUT2D eigenvalue weighted by molar-refractivity contribution is 6.09. The molecule has 7 nitrogen and oxygen atoms in total. The highest BCUT2D eigenvalue weighted by Crippen LogP contribution is 2.20. The second-order valence-corrected chi connectivity index (χ2v) is 7.67. The van der Waals surface area contributed by atoms with Gasteiger partial charge in [-0.25, -0.2) is 4.68 Å². The number of para-hydroxylation sites is 2. The van der Waals surface area contributed by atoms with E-state index in [-0.39, 0.29) is 11.1 Å². The smallest absolute Gasteiger partial charge is 0.295 e. The van der Waals surface area contributed by atoms with Gasteiger partial charge in [-0.3, -0.25) is 14.3 Å². The molecule has 34 heavy (non-hydrogen) atoms. The minimum atomic E-state index is -0.475. The molecule has 0 spiro atoms. The summed E-state index contributed by atoms with van der Waals surface area (Å²) < 4.78 is 3.42. The third-order valence-electron chi connectivity index (χ3n) is 5.44. The highest BCUT2D eigenvalue weighted by Gasteiger charge is 2.16. The van der Waals surface area contributed by atoms with Crippen LogP contribution in [0.4, 0.5) is 17.1 Å². The number of amides is 1. The van der Waals surface area contributed by atoms with Gasteiger partial charge in [-0.1, -0.05) is 48.5 Å². The minimum absolute atomic E-state index is 0.00536. The molecule has 1 heterocycles. The van der Waals surface area contributed by atoms with Gasteiger partial charge in [0.15, 0.2) is 0 Å². The van der Waals surface area contributed by atoms with Crippen molar-refractivity contribution in [3.63, 3.8) is 0 Å². The van der Waals surface area contributed by atoms with Crippen molar-refractivity contribution in [3.05, 3.63) is 112 Å². The van der Waals surface area contributed by atoms with Gasteiger partial charge in [0.25, 0.3) is 11.5 Å². The average Bonchev–Trinajstić information content (AvgIpc) is 3.07. The molecule has 4 rings (SSSR count). The number of carbonyl (C=O) groups is 1. The number of anilines is 3. The largest absolute Gasteiger partial charge is 0.349 e. The van der Waals surface area contributed by atoms with Crippen molar-refractivity contribution >= 4 is 29.0 Å². The lowest BCUT2D eigenvalue weighted by atomic mass is 10.1. The van der Waals surface area contributed by atoms with Crippen LogP contribution >= 0.6 is 0 Å². The van der Waals surface area contributed by atoms with E-state index in [9.17, 15) is 14.9 Å². The number of rotatable bonds is 6. The summed E-state index contributed by atoms with van der Waals surface area (Å²) in [5.41, 5.74) is 3.93. The van der Waals surface area contributed by atoms with Gasteiger partial charge in [0.05, 0.1) is 11.4 Å². The van der Waals surface area contributed by atoms with Crippen LogP contribution < -0.4 is 16.2 Å². The molecule has 0 radical (unpaired) electrons. The van der Waals surface area contributed by atoms with Crippen LogP contribution in [0.3, 0.4) is 0 Å². The maximum Gasteiger partial charge on any atom is 0.295 e. The molecular formula is C27H23N5O2. The Kier molecular flexibility index (Phi) is 6.42. The Bertz CT molecular complexity index is 1440. The Labute approximate surface area is 197 Å². The van der Waals surface area contributed by atoms with Gasteiger partial charge in [-0.05, 0) is 55.0 Å². The van der Waals surface area contributed by atoms with Crippen molar-refractivity contribution in [2.75, 3.05) is 10.6 Å². The topological polar surface area (TPSA) is 91.9 Å². The molecule has 1 aromatic heterocycles. The van der Waals surface area contributed by atoms with Crippen molar-refractivity contribution in [2.24, 2.45) is 7.05 Å². The van der Waals surface area contributed by atoms with E-state index in [1.54, 1.807) is 53.2 Å². The Morgan fingerprint density at radius 3 is 2.15 bits per heavy atom. The lowest BCUT2D eigenvalue weighted by Crippen LogP contribution is -2.20. The number of nitrogens with one attached hydrogen (secondary N) is 2. The number of hydrogen-bond donors (Lipinski definition) is 2. The molecule has 4 aromatic rings. The van der Waals surface area contributed by atoms with Crippen LogP contribution in [0.1, 0.15) is 11.3 Å². The van der Waals surface area contributed by atoms with Gasteiger partial charge in [0, 0.05) is 18.4 Å². The van der Waals surface area contributed by atoms with Gasteiger partial charge in [-0.15, -0.1) is 0 Å². The molecule has 0 bridgehead atoms. The molecule has 0 aliphatic carbocycles. The van der Waals surface area contributed by atoms with Crippen LogP contribution in [0.25, 0.3) is 11.8 Å². The molecular weight excluding hydrogens is 426 g/mol. The molecule has 168 valence electrons. The molecule has 3 aromatic carbocycles. The van der Waals surface area contributed by atoms with E-state index < -0.39 is 5.91 Å². The fraction of sp³-hybridized carbons (Fsp3) is 0.0741. The van der Waals surface area contributed by atoms with Crippen molar-refractivity contribution in [1.29, 1.82) is 5.26 Å². The normalized spacial score (nSPS) is 11.0. The second kappa shape index (κ2) is 9.76. The van der Waals surface area contributed by atoms with Gasteiger partial charge >= 0.3 is 0 Å². The molecule has 0 saturated carbocycles. The molecule has 2 N–H and O–H groups in total. The second-order valence-electron chi connectivity index (χ2n) is 7.67. The van der Waals surface area contributed by atoms with Gasteiger partial charge in [0.2, 0.25) is 0 Å². The minimum Gasteiger partial charge on any atom is -0.349 e. The van der Waals surface area contributed by atoms with E-state index in [0.29, 0.717) is 16.9 Å². The Morgan fingerprint density at radius 2 is 1.53 bits per heavy atom. The Morgan fingerprint density at radius 1 is 0.912 bits per heavy atom. The van der Waals surface area contributed by atoms with Crippen LogP contribution in [0, 0.1) is 18.3 Å². The molecule has 1 amide bonds. The van der Waals surface area contributed by atoms with Gasteiger partial charge in [-0.2, -0.15) is 5.26 Å². The van der Waals surface area contributed by atoms with Crippen LogP contribution in [0.15, 0.2) is 95.3 Å². The van der Waals surface area contributed by atoms with Crippen molar-refractivity contribution in [1.82, 2.24) is 9.36 Å². The first kappa shape index (κ1) is 22.4. The Hall–Kier alpha value is -4.83. The number of hydrogen-bond acceptors (Lipinski definition) is 4. The van der Waals surface area contributed by atoms with E-state index in [0.717, 1.165) is 17.1 Å². The van der Waals surface area contributed by atoms with E-state index in [4.69, 9.17) is 0 Å². The van der Waals surface area contributed by atoms with E-state index >= 15 is 0 Å². The lowest BCUT2D eigenvalue weighted by molar-refractivity contribution is -0.112. The van der Waals surface area contributed by atoms with E-state index in [2.05, 4.69) is 10.6 Å². The molecule has 0 fully saturated rings. The van der Waals surface area contributed by atoms with Crippen molar-refractivity contribution < 1.29 is 4.79 Å². The molecule has 0 aliphatic rings. The van der Waals surface area contributed by atoms with E-state index in [1.165, 1.54) is 6.08 Å². The van der Waals surface area contributed by atoms with Crippen LogP contribution in [-0.4, -0.2) is 15.3 Å². The fourth-order valence-corrected chi connectivity index (χ4v) is 3.55. The lowest BCUT2D eigenvalue weighted by Gasteiger charge is -2.07.